The third kappa shape index (κ3) is 3.58. The number of imidazole rings is 1. The molecule has 0 spiro atoms. The second-order valence-electron chi connectivity index (χ2n) is 4.55. The summed E-state index contributed by atoms with van der Waals surface area (Å²) in [5.41, 5.74) is 8.05. The number of hydrogen-bond donors (Lipinski definition) is 1. The van der Waals surface area contributed by atoms with E-state index in [1.165, 1.54) is 3.57 Å². The van der Waals surface area contributed by atoms with E-state index in [9.17, 15) is 0 Å². The molecule has 6 heteroatoms. The van der Waals surface area contributed by atoms with Crippen LogP contribution in [0.2, 0.25) is 0 Å². The van der Waals surface area contributed by atoms with Crippen LogP contribution in [0, 0.1) is 3.57 Å². The normalized spacial score (nSPS) is 11.6. The Kier molecular flexibility index (Phi) is 5.00. The average Bonchev–Trinajstić information content (AvgIpc) is 2.68. The first-order chi connectivity index (χ1) is 9.11. The van der Waals surface area contributed by atoms with Crippen LogP contribution in [0.15, 0.2) is 18.2 Å². The van der Waals surface area contributed by atoms with Gasteiger partial charge in [-0.15, -0.1) is 0 Å². The van der Waals surface area contributed by atoms with Crippen molar-refractivity contribution in [1.82, 2.24) is 14.5 Å². The summed E-state index contributed by atoms with van der Waals surface area (Å²) >= 11 is 2.28. The van der Waals surface area contributed by atoms with E-state index in [0.717, 1.165) is 37.3 Å². The Morgan fingerprint density at radius 3 is 2.95 bits per heavy atom. The van der Waals surface area contributed by atoms with Gasteiger partial charge >= 0.3 is 0 Å². The maximum Gasteiger partial charge on any atom is 0.201 e. The van der Waals surface area contributed by atoms with Gasteiger partial charge in [-0.25, -0.2) is 4.98 Å². The lowest BCUT2D eigenvalue weighted by atomic mass is 10.3. The van der Waals surface area contributed by atoms with E-state index in [-0.39, 0.29) is 0 Å². The number of nitrogens with two attached hydrogens (primary N) is 1. The van der Waals surface area contributed by atoms with Crippen LogP contribution < -0.4 is 5.73 Å². The Balaban J connectivity index is 2.10. The van der Waals surface area contributed by atoms with Gasteiger partial charge in [0.1, 0.15) is 0 Å². The van der Waals surface area contributed by atoms with Crippen LogP contribution in [0.4, 0.5) is 5.95 Å². The minimum atomic E-state index is 0.581. The number of aromatic nitrogens is 2. The number of fused-ring (bicyclic) bond motifs is 1. The number of hydrogen-bond acceptors (Lipinski definition) is 4. The summed E-state index contributed by atoms with van der Waals surface area (Å²) in [7, 11) is 3.80. The van der Waals surface area contributed by atoms with Gasteiger partial charge in [-0.05, 0) is 47.8 Å². The molecule has 19 heavy (non-hydrogen) atoms. The van der Waals surface area contributed by atoms with Crippen LogP contribution in [0.1, 0.15) is 0 Å². The van der Waals surface area contributed by atoms with Crippen LogP contribution >= 0.6 is 22.6 Å². The van der Waals surface area contributed by atoms with Crippen molar-refractivity contribution in [3.05, 3.63) is 21.8 Å². The van der Waals surface area contributed by atoms with E-state index < -0.39 is 0 Å². The van der Waals surface area contributed by atoms with Crippen molar-refractivity contribution in [2.75, 3.05) is 39.6 Å². The highest BCUT2D eigenvalue weighted by Crippen LogP contribution is 2.20. The van der Waals surface area contributed by atoms with Gasteiger partial charge in [-0.2, -0.15) is 0 Å². The molecule has 0 atom stereocenters. The van der Waals surface area contributed by atoms with Crippen molar-refractivity contribution in [3.63, 3.8) is 0 Å². The number of nitrogen functional groups attached to an aromatic ring is 1. The summed E-state index contributed by atoms with van der Waals surface area (Å²) in [4.78, 5) is 6.63. The molecule has 0 aliphatic rings. The van der Waals surface area contributed by atoms with Gasteiger partial charge in [0.25, 0.3) is 0 Å². The predicted octanol–water partition coefficient (Wildman–Crippen LogP) is 1.80. The van der Waals surface area contributed by atoms with Crippen LogP contribution in [0.5, 0.6) is 0 Å². The van der Waals surface area contributed by atoms with E-state index >= 15 is 0 Å². The van der Waals surface area contributed by atoms with E-state index in [1.54, 1.807) is 7.11 Å². The van der Waals surface area contributed by atoms with Crippen molar-refractivity contribution in [3.8, 4) is 0 Å². The molecule has 0 aliphatic carbocycles. The third-order valence-electron chi connectivity index (χ3n) is 3.12. The van der Waals surface area contributed by atoms with Crippen molar-refractivity contribution < 1.29 is 4.74 Å². The molecule has 2 aromatic rings. The summed E-state index contributed by atoms with van der Waals surface area (Å²) in [5, 5.41) is 0. The first-order valence-electron chi connectivity index (χ1n) is 6.20. The number of anilines is 1. The fourth-order valence-corrected chi connectivity index (χ4v) is 2.46. The molecule has 0 amide bonds. The molecule has 0 radical (unpaired) electrons. The van der Waals surface area contributed by atoms with Gasteiger partial charge < -0.3 is 19.9 Å². The summed E-state index contributed by atoms with van der Waals surface area (Å²) in [6.07, 6.45) is 0. The quantitative estimate of drug-likeness (QED) is 0.784. The van der Waals surface area contributed by atoms with Crippen LogP contribution in [-0.4, -0.2) is 48.3 Å². The van der Waals surface area contributed by atoms with Gasteiger partial charge in [-0.1, -0.05) is 0 Å². The van der Waals surface area contributed by atoms with E-state index in [2.05, 4.69) is 62.3 Å². The molecule has 2 N–H and O–H groups in total. The monoisotopic (exact) mass is 374 g/mol. The average molecular weight is 374 g/mol. The standard InChI is InChI=1S/C13H19IN4O/c1-17(7-8-19-2)5-6-18-12-4-3-10(14)9-11(12)16-13(18)15/h3-4,9H,5-8H2,1-2H3,(H2,15,16). The minimum absolute atomic E-state index is 0.581. The zero-order valence-corrected chi connectivity index (χ0v) is 13.4. The number of methoxy groups -OCH3 is 1. The molecule has 1 aromatic heterocycles. The fraction of sp³-hybridized carbons (Fsp3) is 0.462. The van der Waals surface area contributed by atoms with Crippen LogP contribution in [-0.2, 0) is 11.3 Å². The van der Waals surface area contributed by atoms with Gasteiger partial charge in [-0.3, -0.25) is 0 Å². The van der Waals surface area contributed by atoms with Crippen LogP contribution in [0.3, 0.4) is 0 Å². The second-order valence-corrected chi connectivity index (χ2v) is 5.80. The second kappa shape index (κ2) is 6.53. The molecule has 5 nitrogen and oxygen atoms in total. The zero-order chi connectivity index (χ0) is 13.8. The molecule has 0 saturated heterocycles. The predicted molar refractivity (Wildman–Crippen MR) is 86.2 cm³/mol. The Bertz CT molecular complexity index is 555. The summed E-state index contributed by atoms with van der Waals surface area (Å²) in [6, 6.07) is 6.21. The summed E-state index contributed by atoms with van der Waals surface area (Å²) in [5.74, 6) is 0.581. The Hall–Kier alpha value is -0.860. The maximum absolute atomic E-state index is 6.00. The number of rotatable bonds is 6. The highest BCUT2D eigenvalue weighted by molar-refractivity contribution is 14.1. The number of likely N-dealkylation sites (N-methyl/N-ethyl adjacent to an activating group) is 1. The third-order valence-corrected chi connectivity index (χ3v) is 3.79. The van der Waals surface area contributed by atoms with Gasteiger partial charge in [0.2, 0.25) is 5.95 Å². The lowest BCUT2D eigenvalue weighted by molar-refractivity contribution is 0.159. The Morgan fingerprint density at radius 2 is 2.21 bits per heavy atom. The van der Waals surface area contributed by atoms with E-state index in [4.69, 9.17) is 10.5 Å². The molecule has 104 valence electrons. The highest BCUT2D eigenvalue weighted by atomic mass is 127. The van der Waals surface area contributed by atoms with E-state index in [1.807, 2.05) is 0 Å². The fourth-order valence-electron chi connectivity index (χ4n) is 1.99. The van der Waals surface area contributed by atoms with Crippen LogP contribution in [0.25, 0.3) is 11.0 Å². The first-order valence-corrected chi connectivity index (χ1v) is 7.28. The van der Waals surface area contributed by atoms with Crippen molar-refractivity contribution >= 4 is 39.6 Å². The topological polar surface area (TPSA) is 56.3 Å². The molecule has 0 aliphatic heterocycles. The van der Waals surface area contributed by atoms with Gasteiger partial charge in [0.15, 0.2) is 0 Å². The summed E-state index contributed by atoms with van der Waals surface area (Å²) < 4.78 is 8.31. The SMILES string of the molecule is COCCN(C)CCn1c(N)nc2cc(I)ccc21. The molecular weight excluding hydrogens is 355 g/mol. The number of halogens is 1. The largest absolute Gasteiger partial charge is 0.383 e. The Labute approximate surface area is 126 Å². The summed E-state index contributed by atoms with van der Waals surface area (Å²) in [6.45, 7) is 3.42. The lowest BCUT2D eigenvalue weighted by Crippen LogP contribution is -2.27. The molecule has 2 rings (SSSR count). The van der Waals surface area contributed by atoms with E-state index in [0.29, 0.717) is 5.95 Å². The number of ether oxygens (including phenoxy) is 1. The molecule has 0 unspecified atom stereocenters. The molecule has 0 fully saturated rings. The maximum atomic E-state index is 6.00. The molecule has 0 saturated carbocycles. The molecule has 1 aromatic carbocycles. The number of benzene rings is 1. The first kappa shape index (κ1) is 14.5. The van der Waals surface area contributed by atoms with Crippen molar-refractivity contribution in [2.45, 2.75) is 6.54 Å². The number of nitrogens with zero attached hydrogens (tertiary/aromatic N) is 3. The lowest BCUT2D eigenvalue weighted by Gasteiger charge is -2.17. The van der Waals surface area contributed by atoms with Crippen molar-refractivity contribution in [2.24, 2.45) is 0 Å². The molecule has 1 heterocycles. The van der Waals surface area contributed by atoms with Crippen molar-refractivity contribution in [1.29, 1.82) is 0 Å². The molecular formula is C13H19IN4O. The highest BCUT2D eigenvalue weighted by Gasteiger charge is 2.09. The smallest absolute Gasteiger partial charge is 0.201 e. The van der Waals surface area contributed by atoms with Gasteiger partial charge in [0.05, 0.1) is 17.6 Å². The Morgan fingerprint density at radius 1 is 1.42 bits per heavy atom. The molecule has 0 bridgehead atoms. The minimum Gasteiger partial charge on any atom is -0.383 e. The van der Waals surface area contributed by atoms with Gasteiger partial charge in [0, 0.05) is 30.3 Å². The zero-order valence-electron chi connectivity index (χ0n) is 11.3.